The van der Waals surface area contributed by atoms with Crippen molar-refractivity contribution in [1.29, 1.82) is 0 Å². The van der Waals surface area contributed by atoms with Gasteiger partial charge in [0.05, 0.1) is 22.4 Å². The molecule has 0 atom stereocenters. The zero-order valence-electron chi connectivity index (χ0n) is 10.8. The zero-order valence-corrected chi connectivity index (χ0v) is 10.8. The summed E-state index contributed by atoms with van der Waals surface area (Å²) in [6.45, 7) is 0.648. The van der Waals surface area contributed by atoms with E-state index < -0.39 is 5.97 Å². The lowest BCUT2D eigenvalue weighted by Gasteiger charge is -2.41. The van der Waals surface area contributed by atoms with Crippen molar-refractivity contribution < 1.29 is 14.7 Å². The number of nitrogens with one attached hydrogen (secondary N) is 1. The molecule has 0 saturated heterocycles. The number of carbonyl (C=O) groups is 2. The van der Waals surface area contributed by atoms with Crippen LogP contribution in [0.2, 0.25) is 0 Å². The maximum atomic E-state index is 12.3. The van der Waals surface area contributed by atoms with E-state index in [1.54, 1.807) is 12.1 Å². The Balaban J connectivity index is 2.02. The average molecular weight is 260 g/mol. The number of amides is 1. The van der Waals surface area contributed by atoms with Gasteiger partial charge in [0.1, 0.15) is 0 Å². The fourth-order valence-corrected chi connectivity index (χ4v) is 2.94. The van der Waals surface area contributed by atoms with Gasteiger partial charge in [-0.25, -0.2) is 4.79 Å². The molecule has 1 heterocycles. The molecule has 19 heavy (non-hydrogen) atoms. The van der Waals surface area contributed by atoms with E-state index in [1.165, 1.54) is 6.07 Å². The summed E-state index contributed by atoms with van der Waals surface area (Å²) in [6.07, 6.45) is 2.89. The number of aromatic carboxylic acids is 1. The molecule has 0 unspecified atom stereocenters. The quantitative estimate of drug-likeness (QED) is 0.809. The van der Waals surface area contributed by atoms with Crippen molar-refractivity contribution in [2.45, 2.75) is 19.3 Å². The molecule has 1 spiro atoms. The number of anilines is 2. The van der Waals surface area contributed by atoms with Gasteiger partial charge in [-0.15, -0.1) is 0 Å². The van der Waals surface area contributed by atoms with Gasteiger partial charge in [0.25, 0.3) is 0 Å². The van der Waals surface area contributed by atoms with Crippen LogP contribution in [0.5, 0.6) is 0 Å². The molecule has 0 bridgehead atoms. The first kappa shape index (κ1) is 12.0. The van der Waals surface area contributed by atoms with Gasteiger partial charge in [-0.2, -0.15) is 0 Å². The van der Waals surface area contributed by atoms with Gasteiger partial charge < -0.3 is 15.3 Å². The molecule has 100 valence electrons. The number of benzene rings is 1. The van der Waals surface area contributed by atoms with Crippen LogP contribution in [0.3, 0.4) is 0 Å². The lowest BCUT2D eigenvalue weighted by atomic mass is 9.68. The summed E-state index contributed by atoms with van der Waals surface area (Å²) >= 11 is 0. The molecule has 0 radical (unpaired) electrons. The molecule has 0 aromatic heterocycles. The molecule has 1 aromatic rings. The maximum Gasteiger partial charge on any atom is 0.335 e. The Morgan fingerprint density at radius 1 is 1.42 bits per heavy atom. The van der Waals surface area contributed by atoms with E-state index in [1.807, 2.05) is 11.9 Å². The standard InChI is InChI=1S/C14H16N2O3/c1-16-8-14(5-2-6-14)13(19)15-10-4-3-9(12(17)18)7-11(10)16/h3-4,7H,2,5-6,8H2,1H3,(H,15,19)(H,17,18). The first-order valence-electron chi connectivity index (χ1n) is 6.42. The first-order chi connectivity index (χ1) is 9.02. The van der Waals surface area contributed by atoms with E-state index in [0.717, 1.165) is 24.9 Å². The van der Waals surface area contributed by atoms with Gasteiger partial charge in [-0.1, -0.05) is 6.42 Å². The minimum absolute atomic E-state index is 0.0624. The van der Waals surface area contributed by atoms with E-state index in [-0.39, 0.29) is 16.9 Å². The minimum atomic E-state index is -0.954. The van der Waals surface area contributed by atoms with Crippen molar-refractivity contribution in [2.24, 2.45) is 5.41 Å². The van der Waals surface area contributed by atoms with Crippen LogP contribution in [0, 0.1) is 5.41 Å². The lowest BCUT2D eigenvalue weighted by molar-refractivity contribution is -0.129. The molecular formula is C14H16N2O3. The third-order valence-corrected chi connectivity index (χ3v) is 4.24. The van der Waals surface area contributed by atoms with Crippen LogP contribution in [0.25, 0.3) is 0 Å². The number of hydrogen-bond acceptors (Lipinski definition) is 3. The number of carbonyl (C=O) groups excluding carboxylic acids is 1. The Morgan fingerprint density at radius 2 is 2.16 bits per heavy atom. The summed E-state index contributed by atoms with van der Waals surface area (Å²) in [4.78, 5) is 25.3. The van der Waals surface area contributed by atoms with E-state index in [2.05, 4.69) is 5.32 Å². The molecule has 5 nitrogen and oxygen atoms in total. The van der Waals surface area contributed by atoms with E-state index in [4.69, 9.17) is 5.11 Å². The third kappa shape index (κ3) is 1.77. The van der Waals surface area contributed by atoms with Gasteiger partial charge in [0, 0.05) is 13.6 Å². The Bertz CT molecular complexity index is 564. The van der Waals surface area contributed by atoms with Gasteiger partial charge in [-0.05, 0) is 31.0 Å². The highest BCUT2D eigenvalue weighted by atomic mass is 16.4. The first-order valence-corrected chi connectivity index (χ1v) is 6.42. The summed E-state index contributed by atoms with van der Waals surface area (Å²) < 4.78 is 0. The molecule has 1 fully saturated rings. The molecular weight excluding hydrogens is 244 g/mol. The summed E-state index contributed by atoms with van der Waals surface area (Å²) in [5.74, 6) is -0.891. The Labute approximate surface area is 111 Å². The topological polar surface area (TPSA) is 69.6 Å². The number of nitrogens with zero attached hydrogens (tertiary/aromatic N) is 1. The summed E-state index contributed by atoms with van der Waals surface area (Å²) in [7, 11) is 1.91. The Kier molecular flexibility index (Phi) is 2.52. The van der Waals surface area contributed by atoms with Crippen LogP contribution in [-0.4, -0.2) is 30.6 Å². The highest BCUT2D eigenvalue weighted by Gasteiger charge is 2.46. The largest absolute Gasteiger partial charge is 0.478 e. The zero-order chi connectivity index (χ0) is 13.6. The average Bonchev–Trinajstić information content (AvgIpc) is 2.43. The van der Waals surface area contributed by atoms with Crippen molar-refractivity contribution in [3.8, 4) is 0 Å². The third-order valence-electron chi connectivity index (χ3n) is 4.24. The van der Waals surface area contributed by atoms with Crippen LogP contribution in [0.15, 0.2) is 18.2 Å². The Hall–Kier alpha value is -2.04. The number of carboxylic acids is 1. The SMILES string of the molecule is CN1CC2(CCC2)C(=O)Nc2ccc(C(=O)O)cc21. The second kappa shape index (κ2) is 3.98. The van der Waals surface area contributed by atoms with Gasteiger partial charge in [0.2, 0.25) is 5.91 Å². The molecule has 1 amide bonds. The number of fused-ring (bicyclic) bond motifs is 1. The number of hydrogen-bond donors (Lipinski definition) is 2. The van der Waals surface area contributed by atoms with Crippen LogP contribution in [0.1, 0.15) is 29.6 Å². The fraction of sp³-hybridized carbons (Fsp3) is 0.429. The van der Waals surface area contributed by atoms with E-state index in [9.17, 15) is 9.59 Å². The van der Waals surface area contributed by atoms with Crippen molar-refractivity contribution in [2.75, 3.05) is 23.8 Å². The second-order valence-electron chi connectivity index (χ2n) is 5.48. The second-order valence-corrected chi connectivity index (χ2v) is 5.48. The van der Waals surface area contributed by atoms with Crippen LogP contribution >= 0.6 is 0 Å². The molecule has 1 aliphatic carbocycles. The number of carboxylic acid groups (broad SMARTS) is 1. The number of rotatable bonds is 1. The smallest absolute Gasteiger partial charge is 0.335 e. The molecule has 3 rings (SSSR count). The predicted molar refractivity (Wildman–Crippen MR) is 71.6 cm³/mol. The van der Waals surface area contributed by atoms with Crippen LogP contribution in [-0.2, 0) is 4.79 Å². The normalized spacial score (nSPS) is 20.3. The van der Waals surface area contributed by atoms with Crippen LogP contribution < -0.4 is 10.2 Å². The van der Waals surface area contributed by atoms with Gasteiger partial charge >= 0.3 is 5.97 Å². The predicted octanol–water partition coefficient (Wildman–Crippen LogP) is 1.94. The molecule has 2 aliphatic rings. The highest BCUT2D eigenvalue weighted by Crippen LogP contribution is 2.46. The fourth-order valence-electron chi connectivity index (χ4n) is 2.94. The van der Waals surface area contributed by atoms with Crippen molar-refractivity contribution in [3.63, 3.8) is 0 Å². The summed E-state index contributed by atoms with van der Waals surface area (Å²) in [5.41, 5.74) is 1.42. The molecule has 1 saturated carbocycles. The lowest BCUT2D eigenvalue weighted by Crippen LogP contribution is -2.47. The monoisotopic (exact) mass is 260 g/mol. The van der Waals surface area contributed by atoms with Crippen molar-refractivity contribution in [3.05, 3.63) is 23.8 Å². The molecule has 1 aromatic carbocycles. The van der Waals surface area contributed by atoms with Crippen molar-refractivity contribution in [1.82, 2.24) is 0 Å². The Morgan fingerprint density at radius 3 is 2.74 bits per heavy atom. The minimum Gasteiger partial charge on any atom is -0.478 e. The molecule has 5 heteroatoms. The van der Waals surface area contributed by atoms with Gasteiger partial charge in [-0.3, -0.25) is 4.79 Å². The van der Waals surface area contributed by atoms with E-state index in [0.29, 0.717) is 12.2 Å². The van der Waals surface area contributed by atoms with Crippen LogP contribution in [0.4, 0.5) is 11.4 Å². The van der Waals surface area contributed by atoms with Crippen molar-refractivity contribution >= 4 is 23.3 Å². The van der Waals surface area contributed by atoms with E-state index >= 15 is 0 Å². The maximum absolute atomic E-state index is 12.3. The summed E-state index contributed by atoms with van der Waals surface area (Å²) in [5, 5.41) is 12.0. The highest BCUT2D eigenvalue weighted by molar-refractivity contribution is 6.02. The molecule has 2 N–H and O–H groups in total. The van der Waals surface area contributed by atoms with Gasteiger partial charge in [0.15, 0.2) is 0 Å². The summed E-state index contributed by atoms with van der Waals surface area (Å²) in [6, 6.07) is 4.81. The molecule has 1 aliphatic heterocycles.